The van der Waals surface area contributed by atoms with Gasteiger partial charge in [-0.1, -0.05) is 0 Å². The van der Waals surface area contributed by atoms with Crippen molar-refractivity contribution in [2.24, 2.45) is 0 Å². The lowest BCUT2D eigenvalue weighted by atomic mass is 10.4. The highest BCUT2D eigenvalue weighted by Crippen LogP contribution is 2.10. The van der Waals surface area contributed by atoms with E-state index in [1.165, 1.54) is 34.3 Å². The Kier molecular flexibility index (Phi) is 3.52. The molecule has 0 aliphatic carbocycles. The normalized spacial score (nSPS) is 10.6. The molecule has 0 aliphatic rings. The molecule has 2 heterocycles. The van der Waals surface area contributed by atoms with Gasteiger partial charge in [0.25, 0.3) is 5.56 Å². The number of ether oxygens (including phenoxy) is 1. The van der Waals surface area contributed by atoms with Crippen LogP contribution < -0.4 is 10.3 Å². The predicted octanol–water partition coefficient (Wildman–Crippen LogP) is 1.50. The van der Waals surface area contributed by atoms with Gasteiger partial charge in [0.05, 0.1) is 6.04 Å². The Balaban J connectivity index is 2.22. The van der Waals surface area contributed by atoms with Gasteiger partial charge < -0.3 is 4.74 Å². The fourth-order valence-electron chi connectivity index (χ4n) is 1.30. The molecule has 0 spiro atoms. The SMILES string of the molecule is CC(C)n1nc(OC(=O)c2nccs2)ccc1=O. The quantitative estimate of drug-likeness (QED) is 0.786. The lowest BCUT2D eigenvalue weighted by Crippen LogP contribution is -2.24. The van der Waals surface area contributed by atoms with Gasteiger partial charge in [0.15, 0.2) is 0 Å². The molecule has 0 aliphatic heterocycles. The molecular formula is C11H11N3O3S. The average Bonchev–Trinajstić information content (AvgIpc) is 2.85. The third-order valence-corrected chi connectivity index (χ3v) is 2.85. The second-order valence-electron chi connectivity index (χ2n) is 3.77. The minimum Gasteiger partial charge on any atom is -0.401 e. The van der Waals surface area contributed by atoms with Crippen LogP contribution in [0.2, 0.25) is 0 Å². The number of hydrogen-bond acceptors (Lipinski definition) is 6. The van der Waals surface area contributed by atoms with Crippen LogP contribution in [0.15, 0.2) is 28.5 Å². The number of esters is 1. The molecule has 0 N–H and O–H groups in total. The molecule has 0 bridgehead atoms. The highest BCUT2D eigenvalue weighted by atomic mass is 32.1. The summed E-state index contributed by atoms with van der Waals surface area (Å²) in [5.74, 6) is -0.491. The van der Waals surface area contributed by atoms with Crippen molar-refractivity contribution >= 4 is 17.3 Å². The molecule has 0 unspecified atom stereocenters. The van der Waals surface area contributed by atoms with Crippen molar-refractivity contribution in [2.45, 2.75) is 19.9 Å². The maximum Gasteiger partial charge on any atom is 0.374 e. The van der Waals surface area contributed by atoms with Crippen LogP contribution >= 0.6 is 11.3 Å². The predicted molar refractivity (Wildman–Crippen MR) is 66.0 cm³/mol. The van der Waals surface area contributed by atoms with E-state index in [-0.39, 0.29) is 22.5 Å². The molecule has 2 aromatic rings. The molecule has 0 aromatic carbocycles. The summed E-state index contributed by atoms with van der Waals surface area (Å²) in [4.78, 5) is 27.0. The Bertz CT molecular complexity index is 604. The summed E-state index contributed by atoms with van der Waals surface area (Å²) in [5.41, 5.74) is -0.237. The monoisotopic (exact) mass is 265 g/mol. The van der Waals surface area contributed by atoms with Crippen molar-refractivity contribution in [3.05, 3.63) is 39.1 Å². The van der Waals surface area contributed by atoms with E-state index in [0.717, 1.165) is 0 Å². The molecule has 18 heavy (non-hydrogen) atoms. The summed E-state index contributed by atoms with van der Waals surface area (Å²) in [6.07, 6.45) is 1.52. The third kappa shape index (κ3) is 2.62. The third-order valence-electron chi connectivity index (χ3n) is 2.09. The first-order chi connectivity index (χ1) is 8.58. The molecule has 94 valence electrons. The van der Waals surface area contributed by atoms with E-state index in [0.29, 0.717) is 0 Å². The number of carbonyl (C=O) groups is 1. The first-order valence-electron chi connectivity index (χ1n) is 5.29. The Morgan fingerprint density at radius 2 is 2.22 bits per heavy atom. The topological polar surface area (TPSA) is 74.1 Å². The number of hydrogen-bond donors (Lipinski definition) is 0. The van der Waals surface area contributed by atoms with Crippen molar-refractivity contribution in [1.82, 2.24) is 14.8 Å². The fourth-order valence-corrected chi connectivity index (χ4v) is 1.81. The molecule has 0 radical (unpaired) electrons. The van der Waals surface area contributed by atoms with Gasteiger partial charge in [-0.05, 0) is 13.8 Å². The van der Waals surface area contributed by atoms with Crippen molar-refractivity contribution in [3.8, 4) is 5.88 Å². The maximum atomic E-state index is 11.6. The first kappa shape index (κ1) is 12.4. The van der Waals surface area contributed by atoms with Gasteiger partial charge in [0, 0.05) is 23.7 Å². The zero-order valence-corrected chi connectivity index (χ0v) is 10.7. The summed E-state index contributed by atoms with van der Waals surface area (Å²) in [5, 5.41) is 5.89. The van der Waals surface area contributed by atoms with Gasteiger partial charge in [-0.15, -0.1) is 16.4 Å². The molecule has 0 saturated carbocycles. The number of rotatable bonds is 3. The average molecular weight is 265 g/mol. The van der Waals surface area contributed by atoms with Gasteiger partial charge >= 0.3 is 5.97 Å². The molecular weight excluding hydrogens is 254 g/mol. The van der Waals surface area contributed by atoms with Crippen LogP contribution in [-0.4, -0.2) is 20.7 Å². The molecule has 0 amide bonds. The van der Waals surface area contributed by atoms with Crippen LogP contribution in [0.25, 0.3) is 0 Å². The zero-order chi connectivity index (χ0) is 13.1. The second-order valence-corrected chi connectivity index (χ2v) is 4.67. The lowest BCUT2D eigenvalue weighted by Gasteiger charge is -2.09. The van der Waals surface area contributed by atoms with Crippen LogP contribution in [0.5, 0.6) is 5.88 Å². The highest BCUT2D eigenvalue weighted by Gasteiger charge is 2.13. The fraction of sp³-hybridized carbons (Fsp3) is 0.273. The van der Waals surface area contributed by atoms with E-state index >= 15 is 0 Å². The summed E-state index contributed by atoms with van der Waals surface area (Å²) in [6.45, 7) is 3.64. The van der Waals surface area contributed by atoms with Crippen LogP contribution in [0.1, 0.15) is 29.7 Å². The summed E-state index contributed by atoms with van der Waals surface area (Å²) in [7, 11) is 0. The molecule has 0 atom stereocenters. The zero-order valence-electron chi connectivity index (χ0n) is 9.86. The number of carbonyl (C=O) groups excluding carboxylic acids is 1. The van der Waals surface area contributed by atoms with E-state index in [4.69, 9.17) is 4.74 Å². The number of aromatic nitrogens is 3. The molecule has 6 nitrogen and oxygen atoms in total. The summed E-state index contributed by atoms with van der Waals surface area (Å²) in [6, 6.07) is 2.58. The minimum atomic E-state index is -0.577. The number of thiazole rings is 1. The van der Waals surface area contributed by atoms with Crippen LogP contribution in [0.4, 0.5) is 0 Å². The lowest BCUT2D eigenvalue weighted by molar-refractivity contribution is 0.0722. The van der Waals surface area contributed by atoms with Crippen molar-refractivity contribution < 1.29 is 9.53 Å². The van der Waals surface area contributed by atoms with E-state index < -0.39 is 5.97 Å². The van der Waals surface area contributed by atoms with Crippen molar-refractivity contribution in [3.63, 3.8) is 0 Å². The number of nitrogens with zero attached hydrogens (tertiary/aromatic N) is 3. The Morgan fingerprint density at radius 3 is 2.83 bits per heavy atom. The smallest absolute Gasteiger partial charge is 0.374 e. The van der Waals surface area contributed by atoms with Crippen LogP contribution in [-0.2, 0) is 0 Å². The van der Waals surface area contributed by atoms with Gasteiger partial charge in [-0.2, -0.15) is 0 Å². The molecule has 7 heteroatoms. The van der Waals surface area contributed by atoms with Gasteiger partial charge in [0.2, 0.25) is 10.9 Å². The Morgan fingerprint density at radius 1 is 1.44 bits per heavy atom. The van der Waals surface area contributed by atoms with Crippen LogP contribution in [0.3, 0.4) is 0 Å². The van der Waals surface area contributed by atoms with E-state index in [1.54, 1.807) is 5.38 Å². The Hall–Kier alpha value is -2.02. The van der Waals surface area contributed by atoms with Crippen molar-refractivity contribution in [1.29, 1.82) is 0 Å². The summed E-state index contributed by atoms with van der Waals surface area (Å²) < 4.78 is 6.30. The van der Waals surface area contributed by atoms with Crippen LogP contribution in [0, 0.1) is 0 Å². The molecule has 0 fully saturated rings. The molecule has 0 saturated heterocycles. The van der Waals surface area contributed by atoms with E-state index in [2.05, 4.69) is 10.1 Å². The van der Waals surface area contributed by atoms with Gasteiger partial charge in [-0.25, -0.2) is 14.5 Å². The Labute approximate surface area is 107 Å². The standard InChI is InChI=1S/C11H11N3O3S/c1-7(2)14-9(15)4-3-8(13-14)17-11(16)10-12-5-6-18-10/h3-7H,1-2H3. The molecule has 2 aromatic heterocycles. The highest BCUT2D eigenvalue weighted by molar-refractivity contribution is 7.11. The van der Waals surface area contributed by atoms with Gasteiger partial charge in [-0.3, -0.25) is 4.79 Å². The molecule has 2 rings (SSSR count). The first-order valence-corrected chi connectivity index (χ1v) is 6.17. The summed E-state index contributed by atoms with van der Waals surface area (Å²) >= 11 is 1.18. The van der Waals surface area contributed by atoms with Crippen molar-refractivity contribution in [2.75, 3.05) is 0 Å². The van der Waals surface area contributed by atoms with E-state index in [1.807, 2.05) is 13.8 Å². The van der Waals surface area contributed by atoms with E-state index in [9.17, 15) is 9.59 Å². The van der Waals surface area contributed by atoms with Gasteiger partial charge in [0.1, 0.15) is 0 Å². The largest absolute Gasteiger partial charge is 0.401 e. The second kappa shape index (κ2) is 5.09. The maximum absolute atomic E-state index is 11.6. The minimum absolute atomic E-state index is 0.0866.